The van der Waals surface area contributed by atoms with Crippen molar-refractivity contribution in [2.24, 2.45) is 0 Å². The molecule has 2 N–H and O–H groups in total. The molecule has 0 radical (unpaired) electrons. The van der Waals surface area contributed by atoms with E-state index in [9.17, 15) is 14.3 Å². The molecule has 0 aliphatic carbocycles. The number of halogens is 2. The second-order valence-electron chi connectivity index (χ2n) is 4.64. The van der Waals surface area contributed by atoms with Crippen LogP contribution in [0.4, 0.5) is 4.39 Å². The van der Waals surface area contributed by atoms with Crippen LogP contribution in [0.1, 0.15) is 15.9 Å². The van der Waals surface area contributed by atoms with Crippen molar-refractivity contribution in [3.63, 3.8) is 0 Å². The molecular weight excluding hydrogens is 353 g/mol. The molecule has 0 saturated heterocycles. The van der Waals surface area contributed by atoms with E-state index in [0.717, 1.165) is 5.56 Å². The molecule has 0 aliphatic rings. The number of phenols is 1. The molecular formula is C16H15BrFNO3. The van der Waals surface area contributed by atoms with Gasteiger partial charge in [-0.05, 0) is 52.2 Å². The molecule has 0 aromatic heterocycles. The number of carbonyl (C=O) groups is 1. The predicted molar refractivity (Wildman–Crippen MR) is 84.8 cm³/mol. The molecule has 0 aliphatic heterocycles. The average Bonchev–Trinajstić information content (AvgIpc) is 2.49. The number of hydrogen-bond donors (Lipinski definition) is 2. The first kappa shape index (κ1) is 16.3. The van der Waals surface area contributed by atoms with Crippen molar-refractivity contribution in [1.82, 2.24) is 5.32 Å². The Bertz CT molecular complexity index is 691. The van der Waals surface area contributed by atoms with Crippen molar-refractivity contribution in [2.45, 2.75) is 6.42 Å². The van der Waals surface area contributed by atoms with Gasteiger partial charge in [0.15, 0.2) is 11.5 Å². The van der Waals surface area contributed by atoms with Crippen molar-refractivity contribution in [1.29, 1.82) is 0 Å². The van der Waals surface area contributed by atoms with E-state index in [4.69, 9.17) is 4.74 Å². The van der Waals surface area contributed by atoms with E-state index >= 15 is 0 Å². The molecule has 0 unspecified atom stereocenters. The van der Waals surface area contributed by atoms with Crippen molar-refractivity contribution in [2.75, 3.05) is 13.7 Å². The van der Waals surface area contributed by atoms with Crippen LogP contribution in [0.2, 0.25) is 0 Å². The Kier molecular flexibility index (Phi) is 5.38. The standard InChI is InChI=1S/C16H15BrFNO3/c1-22-14-9-11(8-13(17)15(14)20)16(21)19-6-5-10-3-2-4-12(18)7-10/h2-4,7-9,20H,5-6H2,1H3,(H,19,21). The van der Waals surface area contributed by atoms with Crippen LogP contribution in [-0.2, 0) is 6.42 Å². The topological polar surface area (TPSA) is 58.6 Å². The Morgan fingerprint density at radius 2 is 2.14 bits per heavy atom. The monoisotopic (exact) mass is 367 g/mol. The summed E-state index contributed by atoms with van der Waals surface area (Å²) in [4.78, 5) is 12.1. The fourth-order valence-corrected chi connectivity index (χ4v) is 2.42. The van der Waals surface area contributed by atoms with Crippen LogP contribution in [0.5, 0.6) is 11.5 Å². The third-order valence-corrected chi connectivity index (χ3v) is 3.70. The van der Waals surface area contributed by atoms with E-state index in [-0.39, 0.29) is 23.2 Å². The summed E-state index contributed by atoms with van der Waals surface area (Å²) in [5.74, 6) is -0.435. The van der Waals surface area contributed by atoms with Gasteiger partial charge >= 0.3 is 0 Å². The number of methoxy groups -OCH3 is 1. The molecule has 22 heavy (non-hydrogen) atoms. The number of amides is 1. The van der Waals surface area contributed by atoms with Gasteiger partial charge < -0.3 is 15.2 Å². The average molecular weight is 368 g/mol. The molecule has 0 fully saturated rings. The predicted octanol–water partition coefficient (Wildman–Crippen LogP) is 3.27. The van der Waals surface area contributed by atoms with Crippen LogP contribution in [0.15, 0.2) is 40.9 Å². The highest BCUT2D eigenvalue weighted by Crippen LogP contribution is 2.35. The van der Waals surface area contributed by atoms with Crippen molar-refractivity contribution >= 4 is 21.8 Å². The summed E-state index contributed by atoms with van der Waals surface area (Å²) < 4.78 is 18.4. The number of carbonyl (C=O) groups excluding carboxylic acids is 1. The van der Waals surface area contributed by atoms with Crippen LogP contribution in [-0.4, -0.2) is 24.7 Å². The quantitative estimate of drug-likeness (QED) is 0.852. The van der Waals surface area contributed by atoms with E-state index in [2.05, 4.69) is 21.2 Å². The molecule has 0 bridgehead atoms. The highest BCUT2D eigenvalue weighted by atomic mass is 79.9. The number of aromatic hydroxyl groups is 1. The lowest BCUT2D eigenvalue weighted by Gasteiger charge is -2.09. The van der Waals surface area contributed by atoms with E-state index in [0.29, 0.717) is 23.0 Å². The Morgan fingerprint density at radius 3 is 2.82 bits per heavy atom. The zero-order chi connectivity index (χ0) is 16.1. The molecule has 0 spiro atoms. The summed E-state index contributed by atoms with van der Waals surface area (Å²) in [5, 5.41) is 12.5. The van der Waals surface area contributed by atoms with E-state index in [1.165, 1.54) is 31.4 Å². The van der Waals surface area contributed by atoms with Gasteiger partial charge in [0.05, 0.1) is 11.6 Å². The zero-order valence-corrected chi connectivity index (χ0v) is 13.5. The molecule has 4 nitrogen and oxygen atoms in total. The molecule has 6 heteroatoms. The molecule has 116 valence electrons. The number of nitrogens with one attached hydrogen (secondary N) is 1. The molecule has 1 amide bonds. The van der Waals surface area contributed by atoms with E-state index < -0.39 is 0 Å². The summed E-state index contributed by atoms with van der Waals surface area (Å²) >= 11 is 3.17. The van der Waals surface area contributed by atoms with Gasteiger partial charge in [-0.1, -0.05) is 12.1 Å². The Hall–Kier alpha value is -2.08. The van der Waals surface area contributed by atoms with Crippen LogP contribution >= 0.6 is 15.9 Å². The fourth-order valence-electron chi connectivity index (χ4n) is 1.98. The van der Waals surface area contributed by atoms with Gasteiger partial charge in [-0.15, -0.1) is 0 Å². The number of ether oxygens (including phenoxy) is 1. The maximum atomic E-state index is 13.1. The summed E-state index contributed by atoms with van der Waals surface area (Å²) in [5.41, 5.74) is 1.17. The molecule has 0 saturated carbocycles. The SMILES string of the molecule is COc1cc(C(=O)NCCc2cccc(F)c2)cc(Br)c1O. The molecule has 0 heterocycles. The third kappa shape index (κ3) is 3.98. The van der Waals surface area contributed by atoms with Gasteiger partial charge in [-0.3, -0.25) is 4.79 Å². The number of phenolic OH excluding ortho intramolecular Hbond substituents is 1. The first-order valence-corrected chi connectivity index (χ1v) is 7.39. The first-order chi connectivity index (χ1) is 10.5. The summed E-state index contributed by atoms with van der Waals surface area (Å²) in [7, 11) is 1.41. The Balaban J connectivity index is 1.99. The summed E-state index contributed by atoms with van der Waals surface area (Å²) in [6.45, 7) is 0.378. The van der Waals surface area contributed by atoms with E-state index in [1.54, 1.807) is 12.1 Å². The van der Waals surface area contributed by atoms with Crippen molar-refractivity contribution < 1.29 is 19.0 Å². The maximum absolute atomic E-state index is 13.1. The minimum Gasteiger partial charge on any atom is -0.503 e. The normalized spacial score (nSPS) is 10.3. The van der Waals surface area contributed by atoms with Crippen LogP contribution in [0.3, 0.4) is 0 Å². The zero-order valence-electron chi connectivity index (χ0n) is 11.9. The molecule has 2 aromatic rings. The largest absolute Gasteiger partial charge is 0.503 e. The second-order valence-corrected chi connectivity index (χ2v) is 5.50. The van der Waals surface area contributed by atoms with Crippen LogP contribution in [0.25, 0.3) is 0 Å². The van der Waals surface area contributed by atoms with Crippen LogP contribution < -0.4 is 10.1 Å². The summed E-state index contributed by atoms with van der Waals surface area (Å²) in [6, 6.07) is 9.21. The number of hydrogen-bond acceptors (Lipinski definition) is 3. The first-order valence-electron chi connectivity index (χ1n) is 6.60. The van der Waals surface area contributed by atoms with Gasteiger partial charge in [-0.25, -0.2) is 4.39 Å². The lowest BCUT2D eigenvalue weighted by Crippen LogP contribution is -2.25. The van der Waals surface area contributed by atoms with Crippen molar-refractivity contribution in [3.05, 3.63) is 57.8 Å². The van der Waals surface area contributed by atoms with Crippen molar-refractivity contribution in [3.8, 4) is 11.5 Å². The molecule has 0 atom stereocenters. The minimum absolute atomic E-state index is 0.0567. The molecule has 2 aromatic carbocycles. The smallest absolute Gasteiger partial charge is 0.251 e. The van der Waals surface area contributed by atoms with Gasteiger partial charge in [0, 0.05) is 12.1 Å². The third-order valence-electron chi connectivity index (χ3n) is 3.10. The van der Waals surface area contributed by atoms with Gasteiger partial charge in [0.2, 0.25) is 0 Å². The molecule has 2 rings (SSSR count). The highest BCUT2D eigenvalue weighted by molar-refractivity contribution is 9.10. The van der Waals surface area contributed by atoms with Gasteiger partial charge in [0.25, 0.3) is 5.91 Å². The lowest BCUT2D eigenvalue weighted by atomic mass is 10.1. The highest BCUT2D eigenvalue weighted by Gasteiger charge is 2.13. The second kappa shape index (κ2) is 7.26. The Morgan fingerprint density at radius 1 is 1.36 bits per heavy atom. The maximum Gasteiger partial charge on any atom is 0.251 e. The van der Waals surface area contributed by atoms with Gasteiger partial charge in [0.1, 0.15) is 5.82 Å². The fraction of sp³-hybridized carbons (Fsp3) is 0.188. The van der Waals surface area contributed by atoms with Gasteiger partial charge in [-0.2, -0.15) is 0 Å². The van der Waals surface area contributed by atoms with Crippen LogP contribution in [0, 0.1) is 5.82 Å². The van der Waals surface area contributed by atoms with E-state index in [1.807, 2.05) is 0 Å². The number of rotatable bonds is 5. The Labute approximate surface area is 136 Å². The minimum atomic E-state index is -0.296. The summed E-state index contributed by atoms with van der Waals surface area (Å²) in [6.07, 6.45) is 0.528. The lowest BCUT2D eigenvalue weighted by molar-refractivity contribution is 0.0953. The number of benzene rings is 2.